The first kappa shape index (κ1) is 35.3. The van der Waals surface area contributed by atoms with Gasteiger partial charge in [-0.05, 0) is 0 Å². The zero-order chi connectivity index (χ0) is 31.3. The summed E-state index contributed by atoms with van der Waals surface area (Å²) in [6.45, 7) is -1.58. The molecule has 0 aromatic carbocycles. The van der Waals surface area contributed by atoms with E-state index >= 15 is 0 Å². The Labute approximate surface area is 210 Å². The minimum atomic E-state index is -7.82. The fourth-order valence-electron chi connectivity index (χ4n) is 3.28. The van der Waals surface area contributed by atoms with Gasteiger partial charge in [-0.3, -0.25) is 4.79 Å². The zero-order valence-corrected chi connectivity index (χ0v) is 20.2. The Morgan fingerprint density at radius 2 is 1.28 bits per heavy atom. The summed E-state index contributed by atoms with van der Waals surface area (Å²) < 4.78 is 225. The van der Waals surface area contributed by atoms with Crippen LogP contribution in [0.3, 0.4) is 0 Å². The fourth-order valence-corrected chi connectivity index (χ4v) is 3.76. The maximum atomic E-state index is 14.8. The lowest BCUT2D eigenvalue weighted by molar-refractivity contribution is -0.890. The summed E-state index contributed by atoms with van der Waals surface area (Å²) in [5.41, 5.74) is -7.23. The molecule has 1 aliphatic heterocycles. The average molecular weight is 631 g/mol. The highest BCUT2D eigenvalue weighted by Crippen LogP contribution is 2.62. The van der Waals surface area contributed by atoms with Crippen LogP contribution < -0.4 is 5.32 Å². The number of quaternary nitrogens is 1. The number of carbonyl (C=O) groups excluding carboxylic acids is 1. The first-order valence-electron chi connectivity index (χ1n) is 10.1. The van der Waals surface area contributed by atoms with Crippen LogP contribution in [0.15, 0.2) is 0 Å². The number of hydrogen-bond acceptors (Lipinski definition) is 6. The summed E-state index contributed by atoms with van der Waals surface area (Å²) >= 11 is 0. The molecule has 0 aromatic heterocycles. The second-order valence-corrected chi connectivity index (χ2v) is 10.4. The molecule has 1 aliphatic rings. The molecule has 39 heavy (non-hydrogen) atoms. The monoisotopic (exact) mass is 631 g/mol. The lowest BCUT2D eigenvalue weighted by Crippen LogP contribution is -2.83. The number of morpholine rings is 1. The predicted octanol–water partition coefficient (Wildman–Crippen LogP) is 3.07. The molecule has 1 fully saturated rings. The van der Waals surface area contributed by atoms with E-state index in [0.29, 0.717) is 0 Å². The van der Waals surface area contributed by atoms with Crippen LogP contribution in [-0.2, 0) is 19.6 Å². The number of amides is 1. The summed E-state index contributed by atoms with van der Waals surface area (Å²) in [5, 5.41) is 0.832. The molecule has 232 valence electrons. The third-order valence-corrected chi connectivity index (χ3v) is 6.09. The number of hydrogen-bond donors (Lipinski definition) is 1. The van der Waals surface area contributed by atoms with Gasteiger partial charge in [0.15, 0.2) is 0 Å². The topological polar surface area (TPSA) is 98.8 Å². The van der Waals surface area contributed by atoms with Gasteiger partial charge in [-0.1, -0.05) is 0 Å². The smallest absolute Gasteiger partial charge is 0.439 e. The van der Waals surface area contributed by atoms with Crippen LogP contribution in [0.1, 0.15) is 12.8 Å². The van der Waals surface area contributed by atoms with Gasteiger partial charge in [0.1, 0.15) is 0 Å². The Morgan fingerprint density at radius 3 is 1.67 bits per heavy atom. The highest BCUT2D eigenvalue weighted by molar-refractivity contribution is 7.85. The number of alkyl halides is 14. The largest absolute Gasteiger partial charge is 0.748 e. The van der Waals surface area contributed by atoms with Crippen molar-refractivity contribution >= 4 is 16.0 Å². The summed E-state index contributed by atoms with van der Waals surface area (Å²) in [6.07, 6.45) is -22.3. The van der Waals surface area contributed by atoms with Crippen molar-refractivity contribution in [2.24, 2.45) is 0 Å². The molecule has 1 amide bonds. The summed E-state index contributed by atoms with van der Waals surface area (Å²) in [7, 11) is -1.94. The van der Waals surface area contributed by atoms with E-state index in [-0.39, 0.29) is 24.0 Å². The molecule has 8 nitrogen and oxygen atoms in total. The van der Waals surface area contributed by atoms with Crippen LogP contribution in [0, 0.1) is 0 Å². The zero-order valence-electron chi connectivity index (χ0n) is 19.4. The van der Waals surface area contributed by atoms with E-state index in [4.69, 9.17) is 0 Å². The molecule has 0 bridgehead atoms. The Hall–Kier alpha value is -1.72. The standard InChI is InChI=1S/C16H19F14N3O5S/c1-33(2,7-4-8-39(35,36)37)6-3-5-31-9(34)10(17,11(18,19)20)12(21,22)32-13(23,24)15(27,28)38-16(29,30)14(32,25)26/h3-8H2,1-2H3,(H-,31,34,35,36,37). The summed E-state index contributed by atoms with van der Waals surface area (Å²) in [4.78, 5) is 7.79. The van der Waals surface area contributed by atoms with Gasteiger partial charge in [0, 0.05) is 25.1 Å². The Kier molecular flexibility index (Phi) is 9.31. The molecule has 0 aliphatic carbocycles. The highest BCUT2D eigenvalue weighted by Gasteiger charge is 2.92. The van der Waals surface area contributed by atoms with Crippen molar-refractivity contribution in [3.8, 4) is 0 Å². The minimum Gasteiger partial charge on any atom is -0.748 e. The van der Waals surface area contributed by atoms with Gasteiger partial charge in [0.05, 0.1) is 37.3 Å². The molecule has 1 unspecified atom stereocenters. The number of ether oxygens (including phenoxy) is 1. The first-order valence-corrected chi connectivity index (χ1v) is 11.7. The molecule has 1 atom stereocenters. The van der Waals surface area contributed by atoms with Gasteiger partial charge < -0.3 is 14.4 Å². The molecule has 23 heteroatoms. The van der Waals surface area contributed by atoms with Crippen molar-refractivity contribution in [1.82, 2.24) is 10.2 Å². The van der Waals surface area contributed by atoms with E-state index in [0.717, 1.165) is 5.32 Å². The molecule has 1 heterocycles. The molecular weight excluding hydrogens is 612 g/mol. The molecule has 0 radical (unpaired) electrons. The highest BCUT2D eigenvalue weighted by atomic mass is 32.2. The van der Waals surface area contributed by atoms with Crippen LogP contribution in [-0.4, -0.2) is 110 Å². The summed E-state index contributed by atoms with van der Waals surface area (Å²) in [6, 6.07) is -22.7. The molecule has 1 saturated heterocycles. The maximum absolute atomic E-state index is 14.8. The van der Waals surface area contributed by atoms with Gasteiger partial charge in [-0.25, -0.2) is 17.5 Å². The van der Waals surface area contributed by atoms with Gasteiger partial charge in [0.2, 0.25) is 0 Å². The first-order chi connectivity index (χ1) is 16.9. The third kappa shape index (κ3) is 6.62. The number of rotatable bonds is 11. The normalized spacial score (nSPS) is 23.2. The van der Waals surface area contributed by atoms with E-state index in [1.165, 1.54) is 14.1 Å². The fraction of sp³-hybridized carbons (Fsp3) is 0.938. The predicted molar refractivity (Wildman–Crippen MR) is 96.2 cm³/mol. The quantitative estimate of drug-likeness (QED) is 0.124. The number of halogens is 14. The lowest BCUT2D eigenvalue weighted by Gasteiger charge is -2.51. The van der Waals surface area contributed by atoms with Crippen molar-refractivity contribution < 1.29 is 88.5 Å². The van der Waals surface area contributed by atoms with Crippen molar-refractivity contribution in [3.05, 3.63) is 0 Å². The van der Waals surface area contributed by atoms with E-state index in [1.54, 1.807) is 0 Å². The van der Waals surface area contributed by atoms with Crippen molar-refractivity contribution in [2.45, 2.75) is 55.0 Å². The van der Waals surface area contributed by atoms with Crippen molar-refractivity contribution in [1.29, 1.82) is 0 Å². The van der Waals surface area contributed by atoms with E-state index in [9.17, 15) is 79.2 Å². The molecule has 1 N–H and O–H groups in total. The molecule has 1 rings (SSSR count). The van der Waals surface area contributed by atoms with Gasteiger partial charge in [0.25, 0.3) is 5.91 Å². The molecule has 0 saturated carbocycles. The molecule has 0 spiro atoms. The SMILES string of the molecule is C[N+](C)(CCCNC(=O)C(F)(C(F)(F)F)C(F)(F)N1C(F)(F)C(F)(F)OC(F)(F)C1(F)F)CCCS(=O)(=O)[O-]. The van der Waals surface area contributed by atoms with Gasteiger partial charge in [-0.15, -0.1) is 4.90 Å². The summed E-state index contributed by atoms with van der Waals surface area (Å²) in [5.74, 6) is -4.50. The molecule has 0 aromatic rings. The number of nitrogens with one attached hydrogen (secondary N) is 1. The van der Waals surface area contributed by atoms with Gasteiger partial charge in [-0.2, -0.15) is 57.1 Å². The number of nitrogens with zero attached hydrogens (tertiary/aromatic N) is 2. The minimum absolute atomic E-state index is 0.0906. The Balaban J connectivity index is 3.28. The second-order valence-electron chi connectivity index (χ2n) is 8.86. The van der Waals surface area contributed by atoms with Gasteiger partial charge >= 0.3 is 42.2 Å². The average Bonchev–Trinajstić information content (AvgIpc) is 2.65. The molecular formula is C16H19F14N3O5S. The van der Waals surface area contributed by atoms with E-state index in [2.05, 4.69) is 0 Å². The Morgan fingerprint density at radius 1 is 0.872 bits per heavy atom. The van der Waals surface area contributed by atoms with Crippen LogP contribution >= 0.6 is 0 Å². The van der Waals surface area contributed by atoms with Crippen LogP contribution in [0.25, 0.3) is 0 Å². The van der Waals surface area contributed by atoms with Crippen LogP contribution in [0.2, 0.25) is 0 Å². The van der Waals surface area contributed by atoms with E-state index < -0.39 is 81.8 Å². The second kappa shape index (κ2) is 10.3. The van der Waals surface area contributed by atoms with Crippen LogP contribution in [0.5, 0.6) is 0 Å². The van der Waals surface area contributed by atoms with E-state index in [1.807, 2.05) is 4.74 Å². The van der Waals surface area contributed by atoms with Crippen LogP contribution in [0.4, 0.5) is 61.5 Å². The van der Waals surface area contributed by atoms with Crippen molar-refractivity contribution in [2.75, 3.05) is 39.5 Å². The maximum Gasteiger partial charge on any atom is 0.439 e. The third-order valence-electron chi connectivity index (χ3n) is 5.30. The lowest BCUT2D eigenvalue weighted by atomic mass is 9.98. The number of carbonyl (C=O) groups is 1. The van der Waals surface area contributed by atoms with Crippen molar-refractivity contribution in [3.63, 3.8) is 0 Å². The Bertz CT molecular complexity index is 994.